The van der Waals surface area contributed by atoms with Gasteiger partial charge in [0.1, 0.15) is 0 Å². The first kappa shape index (κ1) is 12.8. The Hall–Kier alpha value is -0.240. The average molecular weight is 294 g/mol. The molecule has 0 spiro atoms. The van der Waals surface area contributed by atoms with Crippen LogP contribution in [-0.4, -0.2) is 15.0 Å². The predicted molar refractivity (Wildman–Crippen MR) is 62.0 cm³/mol. The second kappa shape index (κ2) is 8.36. The fourth-order valence-electron chi connectivity index (χ4n) is 0.963. The van der Waals surface area contributed by atoms with Gasteiger partial charge in [-0.3, -0.25) is 0 Å². The second-order valence-corrected chi connectivity index (χ2v) is 4.39. The Kier molecular flexibility index (Phi) is 8.21. The van der Waals surface area contributed by atoms with Crippen molar-refractivity contribution in [2.45, 2.75) is 43.0 Å². The number of unbranched alkanes of at least 4 members (excludes halogenated alkanes) is 3. The standard InChI is InChI=1S/C10H15IO2/c1-2-3-4-5-6-9(11)7-8-10(12)13/h9H,2-6H2,1H3,(H,12,13). The van der Waals surface area contributed by atoms with E-state index in [2.05, 4.69) is 41.4 Å². The second-order valence-electron chi connectivity index (χ2n) is 2.89. The lowest BCUT2D eigenvalue weighted by Crippen LogP contribution is -1.95. The minimum Gasteiger partial charge on any atom is -0.472 e. The summed E-state index contributed by atoms with van der Waals surface area (Å²) in [7, 11) is 0. The highest BCUT2D eigenvalue weighted by atomic mass is 127. The highest BCUT2D eigenvalue weighted by Crippen LogP contribution is 2.11. The molecule has 0 aromatic carbocycles. The zero-order valence-electron chi connectivity index (χ0n) is 7.85. The van der Waals surface area contributed by atoms with Gasteiger partial charge < -0.3 is 5.11 Å². The molecule has 0 aliphatic carbocycles. The number of carboxylic acid groups (broad SMARTS) is 1. The van der Waals surface area contributed by atoms with Gasteiger partial charge in [0.2, 0.25) is 0 Å². The van der Waals surface area contributed by atoms with Crippen LogP contribution in [0.5, 0.6) is 0 Å². The summed E-state index contributed by atoms with van der Waals surface area (Å²) < 4.78 is 0.186. The van der Waals surface area contributed by atoms with Crippen LogP contribution in [0.1, 0.15) is 39.0 Å². The van der Waals surface area contributed by atoms with E-state index in [4.69, 9.17) is 5.11 Å². The molecule has 0 aromatic heterocycles. The number of rotatable bonds is 5. The third-order valence-corrected chi connectivity index (χ3v) is 2.58. The molecule has 0 aromatic rings. The molecule has 0 aliphatic heterocycles. The number of hydrogen-bond acceptors (Lipinski definition) is 1. The quantitative estimate of drug-likeness (QED) is 0.366. The first-order chi connectivity index (χ1) is 6.16. The summed E-state index contributed by atoms with van der Waals surface area (Å²) in [4.78, 5) is 10.1. The van der Waals surface area contributed by atoms with Crippen molar-refractivity contribution in [1.29, 1.82) is 0 Å². The van der Waals surface area contributed by atoms with Gasteiger partial charge in [-0.2, -0.15) is 0 Å². The topological polar surface area (TPSA) is 37.3 Å². The van der Waals surface area contributed by atoms with Crippen molar-refractivity contribution in [3.8, 4) is 11.8 Å². The van der Waals surface area contributed by atoms with E-state index in [1.807, 2.05) is 0 Å². The first-order valence-corrected chi connectivity index (χ1v) is 5.80. The molecule has 0 bridgehead atoms. The van der Waals surface area contributed by atoms with Crippen LogP contribution in [-0.2, 0) is 4.79 Å². The highest BCUT2D eigenvalue weighted by Gasteiger charge is 1.98. The first-order valence-electron chi connectivity index (χ1n) is 4.55. The number of halogens is 1. The van der Waals surface area contributed by atoms with Gasteiger partial charge in [-0.1, -0.05) is 61.1 Å². The lowest BCUT2D eigenvalue weighted by atomic mass is 10.1. The van der Waals surface area contributed by atoms with Gasteiger partial charge in [0.25, 0.3) is 0 Å². The van der Waals surface area contributed by atoms with Crippen molar-refractivity contribution in [2.75, 3.05) is 0 Å². The Morgan fingerprint density at radius 2 is 2.15 bits per heavy atom. The minimum absolute atomic E-state index is 0.186. The van der Waals surface area contributed by atoms with Gasteiger partial charge in [0, 0.05) is 5.92 Å². The van der Waals surface area contributed by atoms with E-state index in [1.54, 1.807) is 0 Å². The summed E-state index contributed by atoms with van der Waals surface area (Å²) in [6, 6.07) is 0. The SMILES string of the molecule is CCCCCCC(I)C#CC(=O)O. The van der Waals surface area contributed by atoms with Crippen LogP contribution < -0.4 is 0 Å². The molecule has 3 heteroatoms. The van der Waals surface area contributed by atoms with Crippen molar-refractivity contribution in [2.24, 2.45) is 0 Å². The van der Waals surface area contributed by atoms with Crippen molar-refractivity contribution in [1.82, 2.24) is 0 Å². The zero-order valence-corrected chi connectivity index (χ0v) is 10.0. The van der Waals surface area contributed by atoms with Crippen LogP contribution in [0.4, 0.5) is 0 Å². The maximum atomic E-state index is 10.1. The van der Waals surface area contributed by atoms with E-state index >= 15 is 0 Å². The number of alkyl halides is 1. The number of aliphatic carboxylic acids is 1. The van der Waals surface area contributed by atoms with E-state index in [1.165, 1.54) is 19.3 Å². The smallest absolute Gasteiger partial charge is 0.381 e. The molecule has 0 amide bonds. The lowest BCUT2D eigenvalue weighted by Gasteiger charge is -2.00. The van der Waals surface area contributed by atoms with Crippen LogP contribution in [0.15, 0.2) is 0 Å². The van der Waals surface area contributed by atoms with E-state index in [-0.39, 0.29) is 3.92 Å². The van der Waals surface area contributed by atoms with Crippen LogP contribution in [0, 0.1) is 11.8 Å². The van der Waals surface area contributed by atoms with Gasteiger partial charge in [-0.15, -0.1) is 0 Å². The molecule has 2 nitrogen and oxygen atoms in total. The van der Waals surface area contributed by atoms with Gasteiger partial charge in [-0.05, 0) is 6.42 Å². The predicted octanol–water partition coefficient (Wildman–Crippen LogP) is 2.85. The minimum atomic E-state index is -1.03. The van der Waals surface area contributed by atoms with Crippen LogP contribution in [0.25, 0.3) is 0 Å². The van der Waals surface area contributed by atoms with Crippen molar-refractivity contribution < 1.29 is 9.90 Å². The molecular formula is C10H15IO2. The third kappa shape index (κ3) is 9.68. The van der Waals surface area contributed by atoms with Crippen molar-refractivity contribution in [3.05, 3.63) is 0 Å². The van der Waals surface area contributed by atoms with Crippen molar-refractivity contribution >= 4 is 28.6 Å². The molecule has 0 rings (SSSR count). The van der Waals surface area contributed by atoms with E-state index in [0.29, 0.717) is 0 Å². The van der Waals surface area contributed by atoms with Gasteiger partial charge in [0.05, 0.1) is 3.92 Å². The zero-order chi connectivity index (χ0) is 10.1. The Morgan fingerprint density at radius 3 is 2.69 bits per heavy atom. The molecule has 1 unspecified atom stereocenters. The molecule has 13 heavy (non-hydrogen) atoms. The van der Waals surface area contributed by atoms with Crippen LogP contribution in [0.3, 0.4) is 0 Å². The largest absolute Gasteiger partial charge is 0.472 e. The molecule has 0 heterocycles. The molecule has 0 radical (unpaired) electrons. The summed E-state index contributed by atoms with van der Waals surface area (Å²) >= 11 is 2.19. The van der Waals surface area contributed by atoms with Crippen LogP contribution in [0.2, 0.25) is 0 Å². The monoisotopic (exact) mass is 294 g/mol. The summed E-state index contributed by atoms with van der Waals surface area (Å²) in [6.45, 7) is 2.17. The van der Waals surface area contributed by atoms with Crippen LogP contribution >= 0.6 is 22.6 Å². The number of carbonyl (C=O) groups is 1. The molecular weight excluding hydrogens is 279 g/mol. The summed E-state index contributed by atoms with van der Waals surface area (Å²) in [5.41, 5.74) is 0. The summed E-state index contributed by atoms with van der Waals surface area (Å²) in [6.07, 6.45) is 5.86. The molecule has 74 valence electrons. The van der Waals surface area contributed by atoms with Gasteiger partial charge in [-0.25, -0.2) is 4.79 Å². The normalized spacial score (nSPS) is 11.5. The Balaban J connectivity index is 3.47. The van der Waals surface area contributed by atoms with Gasteiger partial charge in [0.15, 0.2) is 0 Å². The molecule has 0 aliphatic rings. The van der Waals surface area contributed by atoms with E-state index < -0.39 is 5.97 Å². The van der Waals surface area contributed by atoms with E-state index in [0.717, 1.165) is 12.8 Å². The maximum absolute atomic E-state index is 10.1. The molecule has 0 saturated carbocycles. The van der Waals surface area contributed by atoms with Crippen molar-refractivity contribution in [3.63, 3.8) is 0 Å². The maximum Gasteiger partial charge on any atom is 0.381 e. The third-order valence-electron chi connectivity index (χ3n) is 1.65. The Bertz CT molecular complexity index is 203. The van der Waals surface area contributed by atoms with Gasteiger partial charge >= 0.3 is 5.97 Å². The Labute approximate surface area is 93.2 Å². The fourth-order valence-corrected chi connectivity index (χ4v) is 1.56. The fraction of sp³-hybridized carbons (Fsp3) is 0.700. The lowest BCUT2D eigenvalue weighted by molar-refractivity contribution is -0.130. The van der Waals surface area contributed by atoms with E-state index in [9.17, 15) is 4.79 Å². The molecule has 0 fully saturated rings. The molecule has 1 atom stereocenters. The summed E-state index contributed by atoms with van der Waals surface area (Å²) in [5, 5.41) is 8.30. The average Bonchev–Trinajstić information content (AvgIpc) is 2.09. The molecule has 1 N–H and O–H groups in total. The number of carboxylic acids is 1. The number of hydrogen-bond donors (Lipinski definition) is 1. The highest BCUT2D eigenvalue weighted by molar-refractivity contribution is 14.1. The Morgan fingerprint density at radius 1 is 1.46 bits per heavy atom. The molecule has 0 saturated heterocycles. The summed E-state index contributed by atoms with van der Waals surface area (Å²) in [5.74, 6) is 3.81.